The van der Waals surface area contributed by atoms with Crippen LogP contribution in [0.5, 0.6) is 0 Å². The predicted molar refractivity (Wildman–Crippen MR) is 81.0 cm³/mol. The molecule has 1 rings (SSSR count). The number of alkyl carbamates (subject to hydrolysis) is 1. The van der Waals surface area contributed by atoms with E-state index in [9.17, 15) is 4.79 Å². The van der Waals surface area contributed by atoms with Crippen molar-refractivity contribution in [2.75, 3.05) is 13.2 Å². The summed E-state index contributed by atoms with van der Waals surface area (Å²) in [5.41, 5.74) is 0.524. The summed E-state index contributed by atoms with van der Waals surface area (Å²) in [4.78, 5) is 11.7. The molecule has 0 unspecified atom stereocenters. The fourth-order valence-corrected chi connectivity index (χ4v) is 1.72. The van der Waals surface area contributed by atoms with Crippen LogP contribution in [0.15, 0.2) is 30.3 Å². The van der Waals surface area contributed by atoms with Gasteiger partial charge in [0.15, 0.2) is 0 Å². The molecule has 1 atom stereocenters. The summed E-state index contributed by atoms with van der Waals surface area (Å²) in [6, 6.07) is 9.52. The van der Waals surface area contributed by atoms with Gasteiger partial charge in [-0.2, -0.15) is 0 Å². The number of carbonyl (C=O) groups is 1. The van der Waals surface area contributed by atoms with E-state index in [1.807, 2.05) is 30.3 Å². The number of amides is 1. The third-order valence-electron chi connectivity index (χ3n) is 2.63. The Labute approximate surface area is 126 Å². The fourth-order valence-electron chi connectivity index (χ4n) is 1.72. The second-order valence-electron chi connectivity index (χ2n) is 5.86. The molecule has 0 saturated carbocycles. The first-order chi connectivity index (χ1) is 9.90. The average molecular weight is 295 g/mol. The summed E-state index contributed by atoms with van der Waals surface area (Å²) >= 11 is 0. The zero-order valence-electron chi connectivity index (χ0n) is 13.0. The van der Waals surface area contributed by atoms with Crippen LogP contribution in [0.4, 0.5) is 4.79 Å². The van der Waals surface area contributed by atoms with E-state index in [2.05, 4.69) is 5.32 Å². The number of aliphatic hydroxyl groups excluding tert-OH is 1. The molecule has 0 spiro atoms. The minimum absolute atomic E-state index is 0.0187. The van der Waals surface area contributed by atoms with Gasteiger partial charge in [0.25, 0.3) is 0 Å². The topological polar surface area (TPSA) is 67.8 Å². The molecular weight excluding hydrogens is 270 g/mol. The molecule has 2 N–H and O–H groups in total. The van der Waals surface area contributed by atoms with Crippen LogP contribution in [-0.2, 0) is 16.1 Å². The normalized spacial score (nSPS) is 12.8. The Balaban J connectivity index is 2.37. The molecular formula is C16H25NO4. The van der Waals surface area contributed by atoms with Gasteiger partial charge in [-0.15, -0.1) is 0 Å². The highest BCUT2D eigenvalue weighted by Gasteiger charge is 2.19. The highest BCUT2D eigenvalue weighted by Crippen LogP contribution is 2.08. The maximum atomic E-state index is 11.7. The van der Waals surface area contributed by atoms with Crippen molar-refractivity contribution in [3.8, 4) is 0 Å². The van der Waals surface area contributed by atoms with Crippen LogP contribution in [0.25, 0.3) is 0 Å². The zero-order valence-corrected chi connectivity index (χ0v) is 13.0. The fraction of sp³-hybridized carbons (Fsp3) is 0.562. The van der Waals surface area contributed by atoms with Crippen molar-refractivity contribution in [1.29, 1.82) is 0 Å². The van der Waals surface area contributed by atoms with Crippen LogP contribution in [0.3, 0.4) is 0 Å². The molecule has 0 aromatic heterocycles. The van der Waals surface area contributed by atoms with Crippen LogP contribution < -0.4 is 5.32 Å². The number of carbonyl (C=O) groups excluding carboxylic acids is 1. The molecule has 0 radical (unpaired) electrons. The highest BCUT2D eigenvalue weighted by atomic mass is 16.6. The Morgan fingerprint density at radius 3 is 2.52 bits per heavy atom. The molecule has 5 heteroatoms. The summed E-state index contributed by atoms with van der Waals surface area (Å²) < 4.78 is 10.8. The lowest BCUT2D eigenvalue weighted by atomic mass is 10.2. The minimum Gasteiger partial charge on any atom is -0.444 e. The summed E-state index contributed by atoms with van der Waals surface area (Å²) in [6.07, 6.45) is -0.0714. The molecule has 0 heterocycles. The van der Waals surface area contributed by atoms with Gasteiger partial charge in [0.05, 0.1) is 19.3 Å². The van der Waals surface area contributed by atoms with Crippen LogP contribution in [0.1, 0.15) is 32.8 Å². The second-order valence-corrected chi connectivity index (χ2v) is 5.86. The van der Waals surface area contributed by atoms with Crippen molar-refractivity contribution in [1.82, 2.24) is 5.32 Å². The molecule has 1 amide bonds. The van der Waals surface area contributed by atoms with Gasteiger partial charge < -0.3 is 19.9 Å². The van der Waals surface area contributed by atoms with Gasteiger partial charge in [-0.3, -0.25) is 0 Å². The maximum absolute atomic E-state index is 11.7. The van der Waals surface area contributed by atoms with E-state index in [1.165, 1.54) is 0 Å². The van der Waals surface area contributed by atoms with Crippen molar-refractivity contribution in [3.05, 3.63) is 35.9 Å². The first-order valence-corrected chi connectivity index (χ1v) is 7.13. The van der Waals surface area contributed by atoms with Crippen molar-refractivity contribution in [3.63, 3.8) is 0 Å². The molecule has 1 aromatic carbocycles. The van der Waals surface area contributed by atoms with Crippen LogP contribution >= 0.6 is 0 Å². The van der Waals surface area contributed by atoms with E-state index in [1.54, 1.807) is 20.8 Å². The molecule has 0 aliphatic rings. The Morgan fingerprint density at radius 1 is 1.29 bits per heavy atom. The number of hydrogen-bond donors (Lipinski definition) is 2. The Kier molecular flexibility index (Phi) is 7.19. The van der Waals surface area contributed by atoms with Gasteiger partial charge in [-0.1, -0.05) is 30.3 Å². The van der Waals surface area contributed by atoms with Gasteiger partial charge >= 0.3 is 6.09 Å². The van der Waals surface area contributed by atoms with Crippen molar-refractivity contribution >= 4 is 6.09 Å². The highest BCUT2D eigenvalue weighted by molar-refractivity contribution is 5.68. The van der Waals surface area contributed by atoms with Crippen molar-refractivity contribution < 1.29 is 19.4 Å². The number of ether oxygens (including phenoxy) is 2. The lowest BCUT2D eigenvalue weighted by molar-refractivity contribution is 0.0408. The van der Waals surface area contributed by atoms with Gasteiger partial charge in [0, 0.05) is 6.61 Å². The lowest BCUT2D eigenvalue weighted by Crippen LogP contribution is -2.42. The largest absolute Gasteiger partial charge is 0.444 e. The molecule has 0 bridgehead atoms. The van der Waals surface area contributed by atoms with Crippen LogP contribution in [0, 0.1) is 0 Å². The summed E-state index contributed by atoms with van der Waals surface area (Å²) in [7, 11) is 0. The second kappa shape index (κ2) is 8.64. The number of benzene rings is 1. The van der Waals surface area contributed by atoms with E-state index < -0.39 is 11.7 Å². The molecule has 118 valence electrons. The first kappa shape index (κ1) is 17.5. The van der Waals surface area contributed by atoms with Gasteiger partial charge in [0.1, 0.15) is 5.60 Å². The molecule has 0 aliphatic heterocycles. The molecule has 0 aliphatic carbocycles. The Hall–Kier alpha value is -1.59. The minimum atomic E-state index is -0.543. The van der Waals surface area contributed by atoms with E-state index in [0.717, 1.165) is 5.56 Å². The van der Waals surface area contributed by atoms with Crippen LogP contribution in [-0.4, -0.2) is 36.1 Å². The summed E-state index contributed by atoms with van der Waals surface area (Å²) in [5, 5.41) is 11.8. The first-order valence-electron chi connectivity index (χ1n) is 7.13. The molecule has 21 heavy (non-hydrogen) atoms. The molecule has 1 aromatic rings. The third-order valence-corrected chi connectivity index (χ3v) is 2.63. The molecule has 0 saturated heterocycles. The van der Waals surface area contributed by atoms with Crippen molar-refractivity contribution in [2.24, 2.45) is 0 Å². The maximum Gasteiger partial charge on any atom is 0.407 e. The predicted octanol–water partition coefficient (Wildman–Crippen LogP) is 2.48. The van der Waals surface area contributed by atoms with E-state index in [4.69, 9.17) is 14.6 Å². The monoisotopic (exact) mass is 295 g/mol. The quantitative estimate of drug-likeness (QED) is 0.811. The van der Waals surface area contributed by atoms with Crippen LogP contribution in [0.2, 0.25) is 0 Å². The van der Waals surface area contributed by atoms with E-state index in [0.29, 0.717) is 19.6 Å². The lowest BCUT2D eigenvalue weighted by Gasteiger charge is -2.23. The standard InChI is InChI=1S/C16H25NO4/c1-16(2,3)21-15(19)17-14(9-10-18)12-20-11-13-7-5-4-6-8-13/h4-8,14,18H,9-12H2,1-3H3,(H,17,19)/t14-/m0/s1. The van der Waals surface area contributed by atoms with E-state index >= 15 is 0 Å². The molecule has 5 nitrogen and oxygen atoms in total. The molecule has 0 fully saturated rings. The Morgan fingerprint density at radius 2 is 1.95 bits per heavy atom. The zero-order chi connectivity index (χ0) is 15.7. The summed E-state index contributed by atoms with van der Waals surface area (Å²) in [5.74, 6) is 0. The Bertz CT molecular complexity index is 414. The third kappa shape index (κ3) is 8.32. The van der Waals surface area contributed by atoms with E-state index in [-0.39, 0.29) is 12.6 Å². The number of nitrogens with one attached hydrogen (secondary N) is 1. The number of hydrogen-bond acceptors (Lipinski definition) is 4. The van der Waals surface area contributed by atoms with Gasteiger partial charge in [0.2, 0.25) is 0 Å². The van der Waals surface area contributed by atoms with Gasteiger partial charge in [-0.05, 0) is 32.8 Å². The SMILES string of the molecule is CC(C)(C)OC(=O)N[C@@H](CCO)COCc1ccccc1. The van der Waals surface area contributed by atoms with Crippen molar-refractivity contribution in [2.45, 2.75) is 45.4 Å². The van der Waals surface area contributed by atoms with Gasteiger partial charge in [-0.25, -0.2) is 4.79 Å². The smallest absolute Gasteiger partial charge is 0.407 e. The average Bonchev–Trinajstić information content (AvgIpc) is 2.38. The summed E-state index contributed by atoms with van der Waals surface area (Å²) in [6.45, 7) is 6.20. The number of rotatable bonds is 7. The number of aliphatic hydroxyl groups is 1.